The van der Waals surface area contributed by atoms with Gasteiger partial charge in [0.05, 0.1) is 9.85 Å². The molecule has 0 aliphatic rings. The average Bonchev–Trinajstić information content (AvgIpc) is 2.57. The molecule has 12 nitrogen and oxygen atoms in total. The van der Waals surface area contributed by atoms with Gasteiger partial charge in [0.1, 0.15) is 4.90 Å². The van der Waals surface area contributed by atoms with Crippen molar-refractivity contribution < 1.29 is 35.8 Å². The highest BCUT2D eigenvalue weighted by Crippen LogP contribution is 2.34. The Morgan fingerprint density at radius 2 is 1.29 bits per heavy atom. The van der Waals surface area contributed by atoms with Crippen molar-refractivity contribution in [3.05, 3.63) is 67.8 Å². The monoisotopic (exact) mass is 430 g/mol. The van der Waals surface area contributed by atoms with Crippen LogP contribution >= 0.6 is 0 Å². The normalized spacial score (nSPS) is 12.2. The van der Waals surface area contributed by atoms with Gasteiger partial charge in [-0.05, 0) is 29.3 Å². The van der Waals surface area contributed by atoms with Gasteiger partial charge in [-0.3, -0.25) is 29.3 Å². The van der Waals surface area contributed by atoms with E-state index in [0.29, 0.717) is 11.6 Å². The quantitative estimate of drug-likeness (QED) is 0.296. The number of nitro benzene ring substituents is 2. The Morgan fingerprint density at radius 3 is 1.71 bits per heavy atom. The summed E-state index contributed by atoms with van der Waals surface area (Å²) in [7, 11) is -10.7. The molecule has 0 spiro atoms. The van der Waals surface area contributed by atoms with E-state index in [1.165, 1.54) is 18.2 Å². The first-order valence-corrected chi connectivity index (χ1v) is 9.89. The van der Waals surface area contributed by atoms with Crippen LogP contribution in [0.1, 0.15) is 11.1 Å². The van der Waals surface area contributed by atoms with Crippen LogP contribution in [0, 0.1) is 20.2 Å². The fraction of sp³-hybridized carbons (Fsp3) is 0. The number of nitro groups is 2. The maximum Gasteiger partial charge on any atom is 0.302 e. The lowest BCUT2D eigenvalue weighted by Crippen LogP contribution is -2.13. The summed E-state index contributed by atoms with van der Waals surface area (Å²) >= 11 is 0. The third kappa shape index (κ3) is 4.55. The van der Waals surface area contributed by atoms with Gasteiger partial charge in [0.25, 0.3) is 21.5 Å². The summed E-state index contributed by atoms with van der Waals surface area (Å²) in [5.74, 6) is 0. The highest BCUT2D eigenvalue weighted by atomic mass is 32.2. The van der Waals surface area contributed by atoms with Crippen molar-refractivity contribution in [2.45, 2.75) is 9.79 Å². The third-order valence-electron chi connectivity index (χ3n) is 3.39. The number of rotatable bonds is 6. The fourth-order valence-corrected chi connectivity index (χ4v) is 4.41. The molecule has 0 saturated carbocycles. The molecule has 0 saturated heterocycles. The molecule has 0 bridgehead atoms. The average molecular weight is 430 g/mol. The summed E-state index contributed by atoms with van der Waals surface area (Å²) in [5.41, 5.74) is -1.60. The number of hydrogen-bond donors (Lipinski definition) is 2. The predicted molar refractivity (Wildman–Crippen MR) is 94.8 cm³/mol. The molecule has 2 N–H and O–H groups in total. The van der Waals surface area contributed by atoms with Gasteiger partial charge in [-0.1, -0.05) is 12.2 Å². The van der Waals surface area contributed by atoms with Crippen molar-refractivity contribution in [3.63, 3.8) is 0 Å². The summed E-state index contributed by atoms with van der Waals surface area (Å²) < 4.78 is 65.1. The number of hydrogen-bond acceptors (Lipinski definition) is 8. The van der Waals surface area contributed by atoms with Crippen molar-refractivity contribution in [1.29, 1.82) is 0 Å². The van der Waals surface area contributed by atoms with Crippen LogP contribution in [0.15, 0.2) is 46.2 Å². The van der Waals surface area contributed by atoms with Crippen LogP contribution in [-0.4, -0.2) is 35.8 Å². The standard InChI is InChI=1S/C14H10N2O10S2/c17-15(18)11-6-2-9(3-7-11)1-4-10-5-8-12(16(19)20)14(28(24,25)26)13(10)27(21,22)23/h1-8H,(H,21,22,23)(H,24,25,26). The lowest BCUT2D eigenvalue weighted by molar-refractivity contribution is -0.388. The summed E-state index contributed by atoms with van der Waals surface area (Å²) in [4.78, 5) is 16.8. The van der Waals surface area contributed by atoms with E-state index < -0.39 is 51.1 Å². The van der Waals surface area contributed by atoms with Crippen molar-refractivity contribution in [1.82, 2.24) is 0 Å². The highest BCUT2D eigenvalue weighted by Gasteiger charge is 2.35. The van der Waals surface area contributed by atoms with Crippen LogP contribution < -0.4 is 0 Å². The molecule has 0 atom stereocenters. The summed E-state index contributed by atoms with van der Waals surface area (Å²) in [6.07, 6.45) is 2.22. The first kappa shape index (κ1) is 21.1. The number of nitrogens with zero attached hydrogens (tertiary/aromatic N) is 2. The minimum Gasteiger partial charge on any atom is -0.282 e. The molecule has 0 aliphatic heterocycles. The zero-order valence-corrected chi connectivity index (χ0v) is 15.1. The number of benzene rings is 2. The Balaban J connectivity index is 2.71. The lowest BCUT2D eigenvalue weighted by atomic mass is 10.1. The minimum atomic E-state index is -5.40. The van der Waals surface area contributed by atoms with Crippen molar-refractivity contribution in [2.75, 3.05) is 0 Å². The van der Waals surface area contributed by atoms with Crippen LogP contribution in [0.25, 0.3) is 12.2 Å². The van der Waals surface area contributed by atoms with Gasteiger partial charge in [0, 0.05) is 18.2 Å². The van der Waals surface area contributed by atoms with E-state index in [1.807, 2.05) is 0 Å². The van der Waals surface area contributed by atoms with Crippen LogP contribution in [0.5, 0.6) is 0 Å². The van der Waals surface area contributed by atoms with Gasteiger partial charge in [-0.25, -0.2) is 0 Å². The van der Waals surface area contributed by atoms with Crippen LogP contribution in [-0.2, 0) is 20.2 Å². The summed E-state index contributed by atoms with van der Waals surface area (Å²) in [6, 6.07) is 6.42. The van der Waals surface area contributed by atoms with Crippen molar-refractivity contribution in [3.8, 4) is 0 Å². The van der Waals surface area contributed by atoms with Gasteiger partial charge in [-0.2, -0.15) is 16.8 Å². The molecule has 0 aromatic heterocycles. The molecule has 2 aromatic rings. The molecule has 2 rings (SSSR count). The maximum absolute atomic E-state index is 11.7. The zero-order chi connectivity index (χ0) is 21.3. The van der Waals surface area contributed by atoms with Gasteiger partial charge in [-0.15, -0.1) is 0 Å². The molecule has 14 heteroatoms. The Kier molecular flexibility index (Phi) is 5.60. The third-order valence-corrected chi connectivity index (χ3v) is 5.41. The van der Waals surface area contributed by atoms with E-state index in [1.54, 1.807) is 0 Å². The first-order valence-electron chi connectivity index (χ1n) is 7.01. The smallest absolute Gasteiger partial charge is 0.282 e. The van der Waals surface area contributed by atoms with Gasteiger partial charge < -0.3 is 0 Å². The Bertz CT molecular complexity index is 1200. The highest BCUT2D eigenvalue weighted by molar-refractivity contribution is 7.89. The van der Waals surface area contributed by atoms with E-state index in [-0.39, 0.29) is 5.69 Å². The molecular formula is C14H10N2O10S2. The predicted octanol–water partition coefficient (Wildman–Crippen LogP) is 2.17. The molecule has 28 heavy (non-hydrogen) atoms. The molecule has 0 amide bonds. The topological polar surface area (TPSA) is 195 Å². The summed E-state index contributed by atoms with van der Waals surface area (Å²) in [5, 5.41) is 21.6. The molecule has 148 valence electrons. The second kappa shape index (κ2) is 7.43. The van der Waals surface area contributed by atoms with E-state index in [2.05, 4.69) is 0 Å². The fourth-order valence-electron chi connectivity index (χ4n) is 2.25. The van der Waals surface area contributed by atoms with Gasteiger partial charge in [0.2, 0.25) is 0 Å². The van der Waals surface area contributed by atoms with E-state index in [9.17, 15) is 46.2 Å². The largest absolute Gasteiger partial charge is 0.302 e. The van der Waals surface area contributed by atoms with E-state index >= 15 is 0 Å². The molecule has 0 unspecified atom stereocenters. The molecule has 0 heterocycles. The Morgan fingerprint density at radius 1 is 0.750 bits per heavy atom. The first-order chi connectivity index (χ1) is 12.8. The Hall–Kier alpha value is -3.20. The van der Waals surface area contributed by atoms with Crippen molar-refractivity contribution >= 4 is 43.8 Å². The zero-order valence-electron chi connectivity index (χ0n) is 13.5. The van der Waals surface area contributed by atoms with Crippen LogP contribution in [0.2, 0.25) is 0 Å². The van der Waals surface area contributed by atoms with Crippen LogP contribution in [0.3, 0.4) is 0 Å². The van der Waals surface area contributed by atoms with Gasteiger partial charge >= 0.3 is 10.1 Å². The maximum atomic E-state index is 11.7. The molecule has 0 aliphatic carbocycles. The molecule has 0 radical (unpaired) electrons. The molecular weight excluding hydrogens is 420 g/mol. The number of non-ortho nitro benzene ring substituents is 1. The second-order valence-electron chi connectivity index (χ2n) is 5.22. The molecule has 2 aromatic carbocycles. The SMILES string of the molecule is O=[N+]([O-])c1ccc(C=Cc2ccc([N+](=O)[O-])c(S(=O)(=O)O)c2S(=O)(=O)O)cc1. The Labute approximate surface area is 157 Å². The van der Waals surface area contributed by atoms with Gasteiger partial charge in [0.15, 0.2) is 4.90 Å². The molecule has 0 fully saturated rings. The van der Waals surface area contributed by atoms with E-state index in [4.69, 9.17) is 0 Å². The summed E-state index contributed by atoms with van der Waals surface area (Å²) in [6.45, 7) is 0. The second-order valence-corrected chi connectivity index (χ2v) is 7.94. The van der Waals surface area contributed by atoms with Crippen LogP contribution in [0.4, 0.5) is 11.4 Å². The van der Waals surface area contributed by atoms with E-state index in [0.717, 1.165) is 24.3 Å². The van der Waals surface area contributed by atoms with Crippen molar-refractivity contribution in [2.24, 2.45) is 0 Å². The lowest BCUT2D eigenvalue weighted by Gasteiger charge is -2.09. The minimum absolute atomic E-state index is 0.209.